The SMILES string of the molecule is O=C(NC(=Nc1ccc2[nH]c(=O)oc2c1)Nc1cc(F)cc(Cl)c1)c1ccc(C(F)(F)F)cc1. The number of fused-ring (bicyclic) bond motifs is 1. The summed E-state index contributed by atoms with van der Waals surface area (Å²) >= 11 is 5.87. The molecular weight excluding hydrogens is 480 g/mol. The second kappa shape index (κ2) is 9.02. The monoisotopic (exact) mass is 492 g/mol. The fourth-order valence-corrected chi connectivity index (χ4v) is 3.19. The molecule has 4 aromatic rings. The molecular formula is C22H13ClF4N4O3. The molecule has 0 aliphatic heterocycles. The van der Waals surface area contributed by atoms with Crippen LogP contribution in [0.3, 0.4) is 0 Å². The smallest absolute Gasteiger partial charge is 0.408 e. The van der Waals surface area contributed by atoms with Crippen LogP contribution in [-0.4, -0.2) is 16.9 Å². The minimum Gasteiger partial charge on any atom is -0.408 e. The molecule has 34 heavy (non-hydrogen) atoms. The maximum atomic E-state index is 13.8. The number of aromatic nitrogens is 1. The van der Waals surface area contributed by atoms with E-state index in [1.165, 1.54) is 24.3 Å². The summed E-state index contributed by atoms with van der Waals surface area (Å²) < 4.78 is 57.1. The van der Waals surface area contributed by atoms with Crippen LogP contribution in [0.5, 0.6) is 0 Å². The number of carbonyl (C=O) groups excluding carboxylic acids is 1. The Morgan fingerprint density at radius 1 is 1.03 bits per heavy atom. The Labute approximate surface area is 193 Å². The van der Waals surface area contributed by atoms with Gasteiger partial charge in [-0.3, -0.25) is 15.1 Å². The number of nitrogens with one attached hydrogen (secondary N) is 3. The minimum absolute atomic E-state index is 0.0754. The van der Waals surface area contributed by atoms with Crippen molar-refractivity contribution < 1.29 is 26.8 Å². The van der Waals surface area contributed by atoms with Crippen LogP contribution in [0.25, 0.3) is 11.1 Å². The first kappa shape index (κ1) is 23.1. The van der Waals surface area contributed by atoms with E-state index in [-0.39, 0.29) is 33.5 Å². The molecule has 7 nitrogen and oxygen atoms in total. The van der Waals surface area contributed by atoms with Gasteiger partial charge in [-0.25, -0.2) is 14.2 Å². The summed E-state index contributed by atoms with van der Waals surface area (Å²) in [6, 6.07) is 11.6. The van der Waals surface area contributed by atoms with Crippen molar-refractivity contribution in [3.8, 4) is 0 Å². The summed E-state index contributed by atoms with van der Waals surface area (Å²) in [5.41, 5.74) is 0.0231. The summed E-state index contributed by atoms with van der Waals surface area (Å²) in [6.07, 6.45) is -4.55. The van der Waals surface area contributed by atoms with E-state index in [1.54, 1.807) is 0 Å². The number of carbonyl (C=O) groups is 1. The van der Waals surface area contributed by atoms with Crippen LogP contribution in [0.2, 0.25) is 5.02 Å². The highest BCUT2D eigenvalue weighted by Crippen LogP contribution is 2.29. The highest BCUT2D eigenvalue weighted by molar-refractivity contribution is 6.31. The lowest BCUT2D eigenvalue weighted by molar-refractivity contribution is -0.137. The first-order valence-corrected chi connectivity index (χ1v) is 9.88. The number of halogens is 5. The van der Waals surface area contributed by atoms with Crippen molar-refractivity contribution in [1.82, 2.24) is 10.3 Å². The predicted molar refractivity (Wildman–Crippen MR) is 118 cm³/mol. The number of benzene rings is 3. The van der Waals surface area contributed by atoms with Gasteiger partial charge in [-0.05, 0) is 54.6 Å². The zero-order valence-electron chi connectivity index (χ0n) is 16.8. The second-order valence-corrected chi connectivity index (χ2v) is 7.40. The summed E-state index contributed by atoms with van der Waals surface area (Å²) in [6.45, 7) is 0. The molecule has 1 heterocycles. The predicted octanol–water partition coefficient (Wildman–Crippen LogP) is 5.46. The van der Waals surface area contributed by atoms with Gasteiger partial charge in [0.15, 0.2) is 5.58 Å². The van der Waals surface area contributed by atoms with Gasteiger partial charge in [-0.15, -0.1) is 0 Å². The van der Waals surface area contributed by atoms with Crippen LogP contribution in [-0.2, 0) is 6.18 Å². The van der Waals surface area contributed by atoms with Gasteiger partial charge in [-0.2, -0.15) is 13.2 Å². The third-order valence-electron chi connectivity index (χ3n) is 4.48. The molecule has 0 unspecified atom stereocenters. The first-order chi connectivity index (χ1) is 16.1. The zero-order chi connectivity index (χ0) is 24.5. The standard InChI is InChI=1S/C22H13ClF4N4O3/c23-13-7-14(24)9-16(8-13)29-20(28-15-5-6-17-18(10-15)34-21(33)30-17)31-19(32)11-1-3-12(4-2-11)22(25,26)27/h1-10H,(H,30,33)(H2,28,29,31,32). The Bertz CT molecular complexity index is 1440. The first-order valence-electron chi connectivity index (χ1n) is 9.50. The number of aliphatic imine (C=N–C) groups is 1. The molecule has 0 atom stereocenters. The van der Waals surface area contributed by atoms with Crippen molar-refractivity contribution in [2.45, 2.75) is 6.18 Å². The molecule has 1 aromatic heterocycles. The number of hydrogen-bond donors (Lipinski definition) is 3. The molecule has 0 saturated carbocycles. The van der Waals surface area contributed by atoms with E-state index >= 15 is 0 Å². The van der Waals surface area contributed by atoms with Crippen molar-refractivity contribution >= 4 is 45.9 Å². The molecule has 0 aliphatic rings. The average Bonchev–Trinajstić information content (AvgIpc) is 3.11. The molecule has 3 N–H and O–H groups in total. The Morgan fingerprint density at radius 3 is 2.44 bits per heavy atom. The van der Waals surface area contributed by atoms with Crippen LogP contribution in [0.1, 0.15) is 15.9 Å². The number of rotatable bonds is 3. The molecule has 3 aromatic carbocycles. The van der Waals surface area contributed by atoms with E-state index in [9.17, 15) is 27.2 Å². The van der Waals surface area contributed by atoms with Crippen molar-refractivity contribution in [3.05, 3.63) is 93.2 Å². The molecule has 174 valence electrons. The molecule has 0 bridgehead atoms. The Balaban J connectivity index is 1.66. The van der Waals surface area contributed by atoms with E-state index < -0.39 is 29.2 Å². The lowest BCUT2D eigenvalue weighted by Gasteiger charge is -2.13. The van der Waals surface area contributed by atoms with Gasteiger partial charge in [0.05, 0.1) is 16.8 Å². The second-order valence-electron chi connectivity index (χ2n) is 6.97. The number of anilines is 1. The number of alkyl halides is 3. The van der Waals surface area contributed by atoms with Gasteiger partial charge in [0.2, 0.25) is 5.96 Å². The van der Waals surface area contributed by atoms with Gasteiger partial charge in [0, 0.05) is 22.3 Å². The van der Waals surface area contributed by atoms with Gasteiger partial charge >= 0.3 is 11.9 Å². The van der Waals surface area contributed by atoms with Gasteiger partial charge in [-0.1, -0.05) is 11.6 Å². The lowest BCUT2D eigenvalue weighted by atomic mass is 10.1. The molecule has 1 amide bonds. The average molecular weight is 493 g/mol. The van der Waals surface area contributed by atoms with Crippen LogP contribution >= 0.6 is 11.6 Å². The van der Waals surface area contributed by atoms with Crippen LogP contribution in [0.15, 0.2) is 74.9 Å². The molecule has 0 spiro atoms. The molecule has 0 saturated heterocycles. The van der Waals surface area contributed by atoms with E-state index in [2.05, 4.69) is 20.6 Å². The van der Waals surface area contributed by atoms with E-state index in [0.29, 0.717) is 5.52 Å². The lowest BCUT2D eigenvalue weighted by Crippen LogP contribution is -2.35. The Morgan fingerprint density at radius 2 is 1.76 bits per heavy atom. The zero-order valence-corrected chi connectivity index (χ0v) is 17.6. The van der Waals surface area contributed by atoms with Gasteiger partial charge in [0.1, 0.15) is 5.82 Å². The van der Waals surface area contributed by atoms with Crippen molar-refractivity contribution in [2.75, 3.05) is 5.32 Å². The maximum Gasteiger partial charge on any atom is 0.417 e. The molecule has 4 rings (SSSR count). The molecule has 0 radical (unpaired) electrons. The van der Waals surface area contributed by atoms with E-state index in [4.69, 9.17) is 16.0 Å². The summed E-state index contributed by atoms with van der Waals surface area (Å²) in [5.74, 6) is -2.29. The normalized spacial score (nSPS) is 12.1. The van der Waals surface area contributed by atoms with Crippen LogP contribution < -0.4 is 16.4 Å². The number of hydrogen-bond acceptors (Lipinski definition) is 4. The highest BCUT2D eigenvalue weighted by atomic mass is 35.5. The minimum atomic E-state index is -4.55. The number of nitrogens with zero attached hydrogens (tertiary/aromatic N) is 1. The maximum absolute atomic E-state index is 13.8. The third kappa shape index (κ3) is 5.44. The summed E-state index contributed by atoms with van der Waals surface area (Å²) in [5, 5.41) is 5.22. The van der Waals surface area contributed by atoms with Gasteiger partial charge in [0.25, 0.3) is 5.91 Å². The summed E-state index contributed by atoms with van der Waals surface area (Å²) in [4.78, 5) is 30.8. The number of amides is 1. The van der Waals surface area contributed by atoms with E-state index in [0.717, 1.165) is 36.4 Å². The quantitative estimate of drug-likeness (QED) is 0.201. The molecule has 12 heteroatoms. The van der Waals surface area contributed by atoms with Crippen molar-refractivity contribution in [1.29, 1.82) is 0 Å². The van der Waals surface area contributed by atoms with Crippen LogP contribution in [0.4, 0.5) is 28.9 Å². The Kier molecular flexibility index (Phi) is 6.12. The molecule has 0 aliphatic carbocycles. The summed E-state index contributed by atoms with van der Waals surface area (Å²) in [7, 11) is 0. The van der Waals surface area contributed by atoms with E-state index in [1.807, 2.05) is 0 Å². The molecule has 0 fully saturated rings. The number of guanidine groups is 1. The fourth-order valence-electron chi connectivity index (χ4n) is 2.97. The van der Waals surface area contributed by atoms with Crippen molar-refractivity contribution in [3.63, 3.8) is 0 Å². The Hall–Kier alpha value is -4.12. The fraction of sp³-hybridized carbons (Fsp3) is 0.0455. The van der Waals surface area contributed by atoms with Crippen LogP contribution in [0, 0.1) is 5.82 Å². The highest BCUT2D eigenvalue weighted by Gasteiger charge is 2.30. The third-order valence-corrected chi connectivity index (χ3v) is 4.70. The van der Waals surface area contributed by atoms with Gasteiger partial charge < -0.3 is 9.73 Å². The topological polar surface area (TPSA) is 99.5 Å². The number of oxazole rings is 1. The number of aromatic amines is 1. The number of H-pyrrole nitrogens is 1. The largest absolute Gasteiger partial charge is 0.417 e. The van der Waals surface area contributed by atoms with Crippen molar-refractivity contribution in [2.24, 2.45) is 4.99 Å².